The second kappa shape index (κ2) is 7.84. The maximum Gasteiger partial charge on any atom is 0.442 e. The fourth-order valence-corrected chi connectivity index (χ4v) is 3.59. The highest BCUT2D eigenvalue weighted by Crippen LogP contribution is 2.46. The molecular formula is C15H11Cl2F6N3S. The Morgan fingerprint density at radius 3 is 2.15 bits per heavy atom. The first kappa shape index (κ1) is 21.8. The maximum absolute atomic E-state index is 12.9. The van der Waals surface area contributed by atoms with Gasteiger partial charge in [-0.15, -0.1) is 0 Å². The molecule has 0 saturated heterocycles. The number of anilines is 1. The van der Waals surface area contributed by atoms with Crippen molar-refractivity contribution >= 4 is 46.5 Å². The molecular weight excluding hydrogens is 439 g/mol. The summed E-state index contributed by atoms with van der Waals surface area (Å²) in [5.74, 6) is -0.389. The molecule has 1 aliphatic rings. The summed E-state index contributed by atoms with van der Waals surface area (Å²) in [5, 5.41) is 2.47. The Morgan fingerprint density at radius 2 is 1.70 bits per heavy atom. The monoisotopic (exact) mass is 449 g/mol. The van der Waals surface area contributed by atoms with E-state index in [4.69, 9.17) is 28.9 Å². The van der Waals surface area contributed by atoms with Crippen LogP contribution in [0.25, 0.3) is 0 Å². The van der Waals surface area contributed by atoms with Gasteiger partial charge in [0, 0.05) is 0 Å². The molecule has 0 saturated carbocycles. The summed E-state index contributed by atoms with van der Waals surface area (Å²) < 4.78 is 77.2. The van der Waals surface area contributed by atoms with Crippen LogP contribution in [0.15, 0.2) is 41.2 Å². The fourth-order valence-electron chi connectivity index (χ4n) is 2.21. The van der Waals surface area contributed by atoms with Gasteiger partial charge in [-0.05, 0) is 36.9 Å². The average molecular weight is 450 g/mol. The van der Waals surface area contributed by atoms with Crippen molar-refractivity contribution in [2.75, 3.05) is 5.01 Å². The minimum atomic E-state index is -4.70. The number of benzene rings is 1. The molecule has 2 N–H and O–H groups in total. The lowest BCUT2D eigenvalue weighted by Crippen LogP contribution is -2.27. The Morgan fingerprint density at radius 1 is 1.15 bits per heavy atom. The lowest BCUT2D eigenvalue weighted by atomic mass is 10.1. The van der Waals surface area contributed by atoms with Gasteiger partial charge in [0.15, 0.2) is 0 Å². The summed E-state index contributed by atoms with van der Waals surface area (Å²) in [6.07, 6.45) is -0.411. The number of hydrazone groups is 1. The van der Waals surface area contributed by atoms with Crippen LogP contribution in [-0.4, -0.2) is 16.6 Å². The van der Waals surface area contributed by atoms with E-state index in [0.717, 1.165) is 5.01 Å². The highest BCUT2D eigenvalue weighted by atomic mass is 35.5. The highest BCUT2D eigenvalue weighted by Gasteiger charge is 2.43. The number of halogens is 8. The number of rotatable bonds is 3. The van der Waals surface area contributed by atoms with Crippen LogP contribution in [-0.2, 0) is 6.18 Å². The number of amidine groups is 1. The Balaban J connectivity index is 2.57. The summed E-state index contributed by atoms with van der Waals surface area (Å²) in [7, 11) is 0. The third kappa shape index (κ3) is 5.05. The van der Waals surface area contributed by atoms with Gasteiger partial charge in [-0.2, -0.15) is 31.4 Å². The van der Waals surface area contributed by atoms with Crippen LogP contribution in [0.5, 0.6) is 0 Å². The van der Waals surface area contributed by atoms with Crippen LogP contribution in [0.1, 0.15) is 12.5 Å². The van der Waals surface area contributed by atoms with E-state index in [1.807, 2.05) is 0 Å². The summed E-state index contributed by atoms with van der Waals surface area (Å²) in [6, 6.07) is 1.23. The van der Waals surface area contributed by atoms with Crippen molar-refractivity contribution in [2.24, 2.45) is 10.8 Å². The molecule has 1 heterocycles. The molecule has 2 rings (SSSR count). The van der Waals surface area contributed by atoms with Crippen molar-refractivity contribution in [2.45, 2.75) is 23.9 Å². The smallest absolute Gasteiger partial charge is 0.384 e. The van der Waals surface area contributed by atoms with Crippen molar-refractivity contribution in [3.05, 3.63) is 51.7 Å². The van der Waals surface area contributed by atoms with E-state index in [9.17, 15) is 26.3 Å². The molecule has 0 fully saturated rings. The minimum absolute atomic E-state index is 0.0449. The van der Waals surface area contributed by atoms with Crippen molar-refractivity contribution in [1.82, 2.24) is 0 Å². The van der Waals surface area contributed by atoms with E-state index in [-0.39, 0.29) is 17.2 Å². The van der Waals surface area contributed by atoms with Gasteiger partial charge in [0.25, 0.3) is 0 Å². The molecule has 0 amide bonds. The lowest BCUT2D eigenvalue weighted by molar-refractivity contribution is -0.137. The predicted octanol–water partition coefficient (Wildman–Crippen LogP) is 6.19. The van der Waals surface area contributed by atoms with Crippen LogP contribution in [0.3, 0.4) is 0 Å². The van der Waals surface area contributed by atoms with Gasteiger partial charge in [0.05, 0.1) is 21.3 Å². The number of hydrogen-bond acceptors (Lipinski definition) is 4. The first-order valence-corrected chi connectivity index (χ1v) is 8.76. The van der Waals surface area contributed by atoms with E-state index >= 15 is 0 Å². The van der Waals surface area contributed by atoms with Gasteiger partial charge in [-0.3, -0.25) is 0 Å². The number of allylic oxidation sites excluding steroid dienone is 3. The minimum Gasteiger partial charge on any atom is -0.384 e. The number of nitrogens with two attached hydrogens (primary N) is 1. The van der Waals surface area contributed by atoms with Crippen molar-refractivity contribution in [3.8, 4) is 0 Å². The van der Waals surface area contributed by atoms with Crippen molar-refractivity contribution < 1.29 is 26.3 Å². The maximum atomic E-state index is 12.9. The normalized spacial score (nSPS) is 20.0. The first-order valence-electron chi connectivity index (χ1n) is 7.13. The van der Waals surface area contributed by atoms with Gasteiger partial charge in [-0.1, -0.05) is 35.4 Å². The number of alkyl halides is 6. The van der Waals surface area contributed by atoms with Crippen LogP contribution in [0.4, 0.5) is 32.0 Å². The summed E-state index contributed by atoms with van der Waals surface area (Å²) >= 11 is 11.5. The molecule has 27 heavy (non-hydrogen) atoms. The first-order chi connectivity index (χ1) is 12.3. The van der Waals surface area contributed by atoms with Gasteiger partial charge >= 0.3 is 11.7 Å². The zero-order valence-electron chi connectivity index (χ0n) is 13.4. The number of nitrogens with zero attached hydrogens (tertiary/aromatic N) is 2. The molecule has 1 atom stereocenters. The third-order valence-corrected chi connectivity index (χ3v) is 4.83. The lowest BCUT2D eigenvalue weighted by Gasteiger charge is -2.23. The number of hydrogen-bond donors (Lipinski definition) is 1. The molecule has 0 spiro atoms. The van der Waals surface area contributed by atoms with E-state index in [0.29, 0.717) is 12.1 Å². The molecule has 3 nitrogen and oxygen atoms in total. The molecule has 0 aliphatic carbocycles. The second-order valence-corrected chi connectivity index (χ2v) is 7.17. The van der Waals surface area contributed by atoms with Crippen LogP contribution in [0, 0.1) is 0 Å². The summed E-state index contributed by atoms with van der Waals surface area (Å²) in [4.78, 5) is 0. The summed E-state index contributed by atoms with van der Waals surface area (Å²) in [5.41, 5.74) is -0.333. The molecule has 1 aromatic carbocycles. The van der Waals surface area contributed by atoms with Gasteiger partial charge in [0.2, 0.25) is 0 Å². The standard InChI is InChI=1S/C15H11Cl2F6N3S/c1-2-3-4-10-12(27-15(21,22)23)13(24)25-26(10)11-8(16)5-7(6-9(11)17)14(18,19)20/h2-6,12H,1H3,(H2,24,25). The second-order valence-electron chi connectivity index (χ2n) is 5.18. The molecule has 148 valence electrons. The predicted molar refractivity (Wildman–Crippen MR) is 95.9 cm³/mol. The molecule has 12 heteroatoms. The molecule has 0 aromatic heterocycles. The quantitative estimate of drug-likeness (QED) is 0.559. The van der Waals surface area contributed by atoms with Gasteiger partial charge in [-0.25, -0.2) is 5.01 Å². The van der Waals surface area contributed by atoms with Crippen LogP contribution in [0.2, 0.25) is 10.0 Å². The van der Waals surface area contributed by atoms with Crippen LogP contribution < -0.4 is 10.7 Å². The largest absolute Gasteiger partial charge is 0.442 e. The van der Waals surface area contributed by atoms with E-state index in [1.165, 1.54) is 12.2 Å². The summed E-state index contributed by atoms with van der Waals surface area (Å²) in [6.45, 7) is 1.63. The highest BCUT2D eigenvalue weighted by molar-refractivity contribution is 8.01. The van der Waals surface area contributed by atoms with Crippen molar-refractivity contribution in [3.63, 3.8) is 0 Å². The fraction of sp³-hybridized carbons (Fsp3) is 0.267. The molecule has 1 unspecified atom stereocenters. The topological polar surface area (TPSA) is 41.6 Å². The Hall–Kier alpha value is -1.52. The van der Waals surface area contributed by atoms with E-state index < -0.39 is 44.3 Å². The van der Waals surface area contributed by atoms with Crippen LogP contribution >= 0.6 is 35.0 Å². The SMILES string of the molecule is CC=CC=C1C(SC(F)(F)F)C(N)=NN1c1c(Cl)cc(C(F)(F)F)cc1Cl. The molecule has 0 bridgehead atoms. The Bertz CT molecular complexity index is 794. The Labute approximate surface area is 164 Å². The average Bonchev–Trinajstić information content (AvgIpc) is 2.78. The van der Waals surface area contributed by atoms with E-state index in [1.54, 1.807) is 13.0 Å². The third-order valence-electron chi connectivity index (χ3n) is 3.26. The molecule has 0 radical (unpaired) electrons. The van der Waals surface area contributed by atoms with Gasteiger partial charge < -0.3 is 5.73 Å². The Kier molecular flexibility index (Phi) is 6.33. The van der Waals surface area contributed by atoms with Gasteiger partial charge in [0.1, 0.15) is 16.8 Å². The molecule has 1 aromatic rings. The molecule has 1 aliphatic heterocycles. The zero-order chi connectivity index (χ0) is 20.6. The van der Waals surface area contributed by atoms with E-state index in [2.05, 4.69) is 5.10 Å². The zero-order valence-corrected chi connectivity index (χ0v) is 15.7. The van der Waals surface area contributed by atoms with Crippen molar-refractivity contribution in [1.29, 1.82) is 0 Å². The number of thioether (sulfide) groups is 1.